The van der Waals surface area contributed by atoms with Gasteiger partial charge in [0.1, 0.15) is 23.2 Å². The van der Waals surface area contributed by atoms with E-state index >= 15 is 0 Å². The van der Waals surface area contributed by atoms with Gasteiger partial charge < -0.3 is 14.1 Å². The van der Waals surface area contributed by atoms with E-state index in [-0.39, 0.29) is 18.3 Å². The Labute approximate surface area is 178 Å². The quantitative estimate of drug-likeness (QED) is 0.647. The fourth-order valence-electron chi connectivity index (χ4n) is 4.88. The van der Waals surface area contributed by atoms with Gasteiger partial charge in [-0.15, -0.1) is 0 Å². The molecule has 0 spiro atoms. The van der Waals surface area contributed by atoms with Crippen LogP contribution in [0.15, 0.2) is 27.4 Å². The molecular formula is C25H33NO4. The van der Waals surface area contributed by atoms with Crippen molar-refractivity contribution in [2.45, 2.75) is 70.8 Å². The number of fused-ring (bicyclic) bond motifs is 1. The smallest absolute Gasteiger partial charge is 0.339 e. The van der Waals surface area contributed by atoms with Crippen LogP contribution >= 0.6 is 0 Å². The predicted molar refractivity (Wildman–Crippen MR) is 118 cm³/mol. The van der Waals surface area contributed by atoms with Gasteiger partial charge in [0.05, 0.1) is 0 Å². The topological polar surface area (TPSA) is 59.8 Å². The first-order valence-electron chi connectivity index (χ1n) is 11.4. The van der Waals surface area contributed by atoms with Crippen molar-refractivity contribution < 1.29 is 13.9 Å². The van der Waals surface area contributed by atoms with E-state index in [4.69, 9.17) is 9.15 Å². The molecule has 0 amide bonds. The maximum Gasteiger partial charge on any atom is 0.339 e. The molecule has 5 nitrogen and oxygen atoms in total. The van der Waals surface area contributed by atoms with Gasteiger partial charge in [0.25, 0.3) is 0 Å². The van der Waals surface area contributed by atoms with Crippen molar-refractivity contribution in [2.75, 3.05) is 20.1 Å². The second-order valence-electron chi connectivity index (χ2n) is 9.21. The zero-order valence-corrected chi connectivity index (χ0v) is 18.2. The summed E-state index contributed by atoms with van der Waals surface area (Å²) in [4.78, 5) is 27.4. The number of carbonyl (C=O) groups is 1. The van der Waals surface area contributed by atoms with Crippen molar-refractivity contribution in [3.05, 3.63) is 39.7 Å². The van der Waals surface area contributed by atoms with E-state index in [1.807, 2.05) is 25.1 Å². The number of hydrogen-bond donors (Lipinski definition) is 0. The lowest BCUT2D eigenvalue weighted by Crippen LogP contribution is -2.35. The molecule has 0 N–H and O–H groups in total. The highest BCUT2D eigenvalue weighted by Gasteiger charge is 2.21. The number of aryl methyl sites for hydroxylation is 1. The van der Waals surface area contributed by atoms with Crippen LogP contribution in [0.2, 0.25) is 0 Å². The fourth-order valence-corrected chi connectivity index (χ4v) is 4.88. The van der Waals surface area contributed by atoms with Gasteiger partial charge in [-0.1, -0.05) is 32.1 Å². The summed E-state index contributed by atoms with van der Waals surface area (Å²) in [6, 6.07) is 5.72. The number of rotatable bonds is 6. The van der Waals surface area contributed by atoms with Crippen LogP contribution in [-0.4, -0.2) is 36.9 Å². The average molecular weight is 412 g/mol. The Morgan fingerprint density at radius 3 is 2.60 bits per heavy atom. The lowest BCUT2D eigenvalue weighted by molar-refractivity contribution is -0.119. The standard InChI is InChI=1S/C25H33NO4/c1-17-23(29-22-10-12-26(2)13-11-22)9-8-19-15-20(25(28)30-24(17)19)16-21(27)14-18-6-4-3-5-7-18/h8-9,15,18,22H,3-7,10-14,16H2,1-2H3. The number of piperidine rings is 1. The summed E-state index contributed by atoms with van der Waals surface area (Å²) in [6.45, 7) is 4.00. The largest absolute Gasteiger partial charge is 0.490 e. The number of carbonyl (C=O) groups excluding carboxylic acids is 1. The van der Waals surface area contributed by atoms with Crippen LogP contribution in [0.5, 0.6) is 5.75 Å². The van der Waals surface area contributed by atoms with Crippen LogP contribution in [0.1, 0.15) is 62.5 Å². The molecule has 1 saturated carbocycles. The van der Waals surface area contributed by atoms with Crippen LogP contribution in [0.3, 0.4) is 0 Å². The summed E-state index contributed by atoms with van der Waals surface area (Å²) in [5.41, 5.74) is 1.48. The zero-order chi connectivity index (χ0) is 21.1. The highest BCUT2D eigenvalue weighted by atomic mass is 16.5. The minimum absolute atomic E-state index is 0.146. The fraction of sp³-hybridized carbons (Fsp3) is 0.600. The maximum atomic E-state index is 12.6. The number of hydrogen-bond acceptors (Lipinski definition) is 5. The molecule has 1 aliphatic heterocycles. The number of Topliss-reactive ketones (excluding diaryl/α,β-unsaturated/α-hetero) is 1. The molecule has 0 atom stereocenters. The van der Waals surface area contributed by atoms with Crippen molar-refractivity contribution >= 4 is 16.8 Å². The van der Waals surface area contributed by atoms with Crippen LogP contribution in [-0.2, 0) is 11.2 Å². The van der Waals surface area contributed by atoms with E-state index in [0.717, 1.165) is 55.5 Å². The van der Waals surface area contributed by atoms with E-state index in [1.54, 1.807) is 0 Å². The second-order valence-corrected chi connectivity index (χ2v) is 9.21. The van der Waals surface area contributed by atoms with Gasteiger partial charge in [0, 0.05) is 42.4 Å². The van der Waals surface area contributed by atoms with Crippen LogP contribution in [0.4, 0.5) is 0 Å². The summed E-state index contributed by atoms with van der Waals surface area (Å²) in [7, 11) is 2.13. The Morgan fingerprint density at radius 2 is 1.87 bits per heavy atom. The van der Waals surface area contributed by atoms with Gasteiger partial charge in [-0.2, -0.15) is 0 Å². The third-order valence-corrected chi connectivity index (χ3v) is 6.76. The molecule has 2 fully saturated rings. The SMILES string of the molecule is Cc1c(OC2CCN(C)CC2)ccc2cc(CC(=O)CC3CCCCC3)c(=O)oc12. The number of ether oxygens (including phenoxy) is 1. The molecule has 1 aromatic heterocycles. The second kappa shape index (κ2) is 9.34. The monoisotopic (exact) mass is 411 g/mol. The number of ketones is 1. The zero-order valence-electron chi connectivity index (χ0n) is 18.2. The van der Waals surface area contributed by atoms with Crippen molar-refractivity contribution in [3.63, 3.8) is 0 Å². The third kappa shape index (κ3) is 4.94. The molecule has 5 heteroatoms. The lowest BCUT2D eigenvalue weighted by atomic mass is 9.85. The van der Waals surface area contributed by atoms with Crippen LogP contribution in [0.25, 0.3) is 11.0 Å². The Bertz CT molecular complexity index is 950. The van der Waals surface area contributed by atoms with Crippen molar-refractivity contribution in [1.82, 2.24) is 4.90 Å². The third-order valence-electron chi connectivity index (χ3n) is 6.76. The minimum atomic E-state index is -0.404. The van der Waals surface area contributed by atoms with E-state index in [9.17, 15) is 9.59 Å². The predicted octanol–water partition coefficient (Wildman–Crippen LogP) is 4.66. The Kier molecular flexibility index (Phi) is 6.57. The molecule has 1 aromatic carbocycles. The summed E-state index contributed by atoms with van der Waals surface area (Å²) in [5.74, 6) is 1.41. The van der Waals surface area contributed by atoms with Crippen LogP contribution in [0, 0.1) is 12.8 Å². The van der Waals surface area contributed by atoms with Gasteiger partial charge in [0.15, 0.2) is 0 Å². The first-order chi connectivity index (χ1) is 14.5. The molecule has 1 aliphatic carbocycles. The lowest BCUT2D eigenvalue weighted by Gasteiger charge is -2.29. The number of likely N-dealkylation sites (tertiary alicyclic amines) is 1. The molecule has 2 aliphatic rings. The van der Waals surface area contributed by atoms with Crippen molar-refractivity contribution in [1.29, 1.82) is 0 Å². The van der Waals surface area contributed by atoms with E-state index in [0.29, 0.717) is 23.5 Å². The number of benzene rings is 1. The van der Waals surface area contributed by atoms with E-state index < -0.39 is 5.63 Å². The van der Waals surface area contributed by atoms with Crippen molar-refractivity contribution in [2.24, 2.45) is 5.92 Å². The van der Waals surface area contributed by atoms with Crippen LogP contribution < -0.4 is 10.4 Å². The van der Waals surface area contributed by atoms with E-state index in [2.05, 4.69) is 11.9 Å². The first-order valence-corrected chi connectivity index (χ1v) is 11.4. The Balaban J connectivity index is 1.48. The first kappa shape index (κ1) is 21.1. The number of nitrogens with zero attached hydrogens (tertiary/aromatic N) is 1. The molecule has 0 bridgehead atoms. The van der Waals surface area contributed by atoms with Gasteiger partial charge in [-0.3, -0.25) is 4.79 Å². The molecule has 4 rings (SSSR count). The molecule has 0 radical (unpaired) electrons. The molecular weight excluding hydrogens is 378 g/mol. The molecule has 162 valence electrons. The minimum Gasteiger partial charge on any atom is -0.490 e. The normalized spacial score (nSPS) is 19.3. The molecule has 0 unspecified atom stereocenters. The Hall–Kier alpha value is -2.14. The van der Waals surface area contributed by atoms with Gasteiger partial charge in [-0.25, -0.2) is 4.79 Å². The van der Waals surface area contributed by atoms with Gasteiger partial charge in [-0.05, 0) is 50.9 Å². The average Bonchev–Trinajstić information content (AvgIpc) is 2.73. The summed E-state index contributed by atoms with van der Waals surface area (Å²) < 4.78 is 11.9. The molecule has 2 heterocycles. The Morgan fingerprint density at radius 1 is 1.13 bits per heavy atom. The summed E-state index contributed by atoms with van der Waals surface area (Å²) in [6.07, 6.45) is 8.94. The highest BCUT2D eigenvalue weighted by molar-refractivity contribution is 5.85. The van der Waals surface area contributed by atoms with Crippen molar-refractivity contribution in [3.8, 4) is 5.75 Å². The summed E-state index contributed by atoms with van der Waals surface area (Å²) >= 11 is 0. The molecule has 30 heavy (non-hydrogen) atoms. The van der Waals surface area contributed by atoms with E-state index in [1.165, 1.54) is 19.3 Å². The molecule has 1 saturated heterocycles. The van der Waals surface area contributed by atoms with Gasteiger partial charge in [0.2, 0.25) is 0 Å². The summed E-state index contributed by atoms with van der Waals surface area (Å²) in [5, 5.41) is 0.850. The maximum absolute atomic E-state index is 12.6. The van der Waals surface area contributed by atoms with Gasteiger partial charge >= 0.3 is 5.63 Å². The molecule has 2 aromatic rings. The highest BCUT2D eigenvalue weighted by Crippen LogP contribution is 2.30.